The summed E-state index contributed by atoms with van der Waals surface area (Å²) in [7, 11) is 0. The van der Waals surface area contributed by atoms with E-state index in [-0.39, 0.29) is 5.41 Å². The lowest BCUT2D eigenvalue weighted by atomic mass is 9.81. The van der Waals surface area contributed by atoms with Gasteiger partial charge in [-0.25, -0.2) is 9.97 Å². The molecule has 0 spiro atoms. The zero-order valence-corrected chi connectivity index (χ0v) is 28.3. The summed E-state index contributed by atoms with van der Waals surface area (Å²) in [6, 6.07) is 53.0. The van der Waals surface area contributed by atoms with Gasteiger partial charge >= 0.3 is 0 Å². The van der Waals surface area contributed by atoms with Crippen molar-refractivity contribution in [2.75, 3.05) is 0 Å². The summed E-state index contributed by atoms with van der Waals surface area (Å²) in [6.45, 7) is 4.62. The van der Waals surface area contributed by atoms with Crippen molar-refractivity contribution >= 4 is 10.8 Å². The summed E-state index contributed by atoms with van der Waals surface area (Å²) < 4.78 is 0. The molecule has 6 aromatic carbocycles. The summed E-state index contributed by atoms with van der Waals surface area (Å²) in [4.78, 5) is 14.7. The maximum Gasteiger partial charge on any atom is 0.160 e. The smallest absolute Gasteiger partial charge is 0.160 e. The van der Waals surface area contributed by atoms with Crippen LogP contribution in [0, 0.1) is 11.3 Å². The third-order valence-corrected chi connectivity index (χ3v) is 10.1. The number of fused-ring (bicyclic) bond motifs is 4. The molecule has 0 fully saturated rings. The van der Waals surface area contributed by atoms with Crippen molar-refractivity contribution in [1.29, 1.82) is 5.26 Å². The summed E-state index contributed by atoms with van der Waals surface area (Å²) in [5.41, 5.74) is 14.6. The lowest BCUT2D eigenvalue weighted by molar-refractivity contribution is 0.661. The van der Waals surface area contributed by atoms with Crippen LogP contribution in [0.2, 0.25) is 0 Å². The van der Waals surface area contributed by atoms with Gasteiger partial charge in [0.25, 0.3) is 0 Å². The second-order valence-corrected chi connectivity index (χ2v) is 13.7. The molecule has 4 nitrogen and oxygen atoms in total. The van der Waals surface area contributed by atoms with Crippen LogP contribution in [0.15, 0.2) is 158 Å². The van der Waals surface area contributed by atoms with Crippen LogP contribution in [-0.2, 0) is 5.41 Å². The van der Waals surface area contributed by atoms with Gasteiger partial charge in [-0.3, -0.25) is 4.98 Å². The monoisotopic (exact) mass is 652 g/mol. The summed E-state index contributed by atoms with van der Waals surface area (Å²) >= 11 is 0. The van der Waals surface area contributed by atoms with E-state index < -0.39 is 0 Å². The van der Waals surface area contributed by atoms with Gasteiger partial charge < -0.3 is 0 Å². The zero-order chi connectivity index (χ0) is 34.5. The van der Waals surface area contributed by atoms with Crippen LogP contribution in [0.25, 0.3) is 78.1 Å². The third-order valence-electron chi connectivity index (χ3n) is 10.1. The fourth-order valence-corrected chi connectivity index (χ4v) is 7.44. The van der Waals surface area contributed by atoms with Gasteiger partial charge in [-0.15, -0.1) is 0 Å². The Morgan fingerprint density at radius 3 is 1.88 bits per heavy atom. The minimum atomic E-state index is -0.200. The molecule has 0 N–H and O–H groups in total. The molecule has 9 rings (SSSR count). The van der Waals surface area contributed by atoms with Crippen LogP contribution in [0.5, 0.6) is 0 Å². The van der Waals surface area contributed by atoms with Crippen LogP contribution >= 0.6 is 0 Å². The molecule has 0 unspecified atom stereocenters. The van der Waals surface area contributed by atoms with Crippen molar-refractivity contribution in [3.63, 3.8) is 0 Å². The third kappa shape index (κ3) is 5.37. The number of aromatic nitrogens is 3. The van der Waals surface area contributed by atoms with Gasteiger partial charge in [0.05, 0.1) is 23.0 Å². The van der Waals surface area contributed by atoms with E-state index in [1.165, 1.54) is 22.3 Å². The maximum absolute atomic E-state index is 9.53. The van der Waals surface area contributed by atoms with Crippen LogP contribution in [0.3, 0.4) is 0 Å². The first-order valence-electron chi connectivity index (χ1n) is 17.1. The van der Waals surface area contributed by atoms with Gasteiger partial charge in [-0.1, -0.05) is 98.8 Å². The Morgan fingerprint density at radius 1 is 0.490 bits per heavy atom. The molecule has 0 amide bonds. The average molecular weight is 653 g/mol. The van der Waals surface area contributed by atoms with Crippen LogP contribution in [-0.4, -0.2) is 15.0 Å². The maximum atomic E-state index is 9.53. The minimum Gasteiger partial charge on any atom is -0.264 e. The second-order valence-electron chi connectivity index (χ2n) is 13.7. The van der Waals surface area contributed by atoms with Gasteiger partial charge in [-0.2, -0.15) is 5.26 Å². The molecule has 1 aliphatic carbocycles. The molecular weight excluding hydrogens is 621 g/mol. The molecule has 240 valence electrons. The first-order valence-corrected chi connectivity index (χ1v) is 17.1. The highest BCUT2D eigenvalue weighted by Crippen LogP contribution is 2.51. The normalized spacial score (nSPS) is 12.6. The topological polar surface area (TPSA) is 62.5 Å². The molecule has 0 atom stereocenters. The summed E-state index contributed by atoms with van der Waals surface area (Å²) in [6.07, 6.45) is 3.72. The van der Waals surface area contributed by atoms with Crippen molar-refractivity contribution in [2.45, 2.75) is 19.3 Å². The fraction of sp³-hybridized carbons (Fsp3) is 0.0638. The zero-order valence-electron chi connectivity index (χ0n) is 28.3. The number of rotatable bonds is 5. The van der Waals surface area contributed by atoms with Crippen molar-refractivity contribution < 1.29 is 0 Å². The van der Waals surface area contributed by atoms with Gasteiger partial charge in [-0.05, 0) is 110 Å². The predicted molar refractivity (Wildman–Crippen MR) is 207 cm³/mol. The van der Waals surface area contributed by atoms with Gasteiger partial charge in [0.2, 0.25) is 0 Å². The van der Waals surface area contributed by atoms with E-state index in [1.54, 1.807) is 0 Å². The van der Waals surface area contributed by atoms with E-state index in [2.05, 4.69) is 116 Å². The highest BCUT2D eigenvalue weighted by atomic mass is 14.9. The first-order chi connectivity index (χ1) is 24.9. The Balaban J connectivity index is 1.22. The van der Waals surface area contributed by atoms with E-state index in [0.717, 1.165) is 61.1 Å². The lowest BCUT2D eigenvalue weighted by Crippen LogP contribution is -2.15. The molecule has 2 aromatic heterocycles. The Labute approximate surface area is 297 Å². The second kappa shape index (κ2) is 12.0. The molecule has 1 aliphatic rings. The number of hydrogen-bond donors (Lipinski definition) is 0. The van der Waals surface area contributed by atoms with Crippen LogP contribution < -0.4 is 0 Å². The Bertz CT molecular complexity index is 2600. The molecule has 4 heteroatoms. The number of nitriles is 1. The molecule has 8 aromatic rings. The molecule has 0 bridgehead atoms. The number of hydrogen-bond acceptors (Lipinski definition) is 4. The largest absolute Gasteiger partial charge is 0.264 e. The Kier molecular flexibility index (Phi) is 7.15. The highest BCUT2D eigenvalue weighted by Gasteiger charge is 2.36. The van der Waals surface area contributed by atoms with Crippen LogP contribution in [0.4, 0.5) is 0 Å². The Morgan fingerprint density at radius 2 is 1.16 bits per heavy atom. The highest BCUT2D eigenvalue weighted by molar-refractivity contribution is 5.95. The summed E-state index contributed by atoms with van der Waals surface area (Å²) in [5, 5.41) is 11.8. The summed E-state index contributed by atoms with van der Waals surface area (Å²) in [5.74, 6) is 0.687. The average Bonchev–Trinajstić information content (AvgIpc) is 3.41. The van der Waals surface area contributed by atoms with Crippen molar-refractivity contribution in [3.8, 4) is 73.4 Å². The Hall–Kier alpha value is -6.70. The molecule has 51 heavy (non-hydrogen) atoms. The molecule has 0 saturated heterocycles. The standard InChI is InChI=1S/C47H32N4/c1-47(2)42-25-34(17-18-40(42)41-24-36-20-30(28-48)15-16-33(36)26-43(41)47)37-21-38(35-14-9-19-49-29-35)23-39(22-37)45-27-44(31-10-5-3-6-11-31)50-46(51-45)32-12-7-4-8-13-32/h3-27,29H,1-2H3. The van der Waals surface area contributed by atoms with E-state index in [0.29, 0.717) is 11.4 Å². The predicted octanol–water partition coefficient (Wildman–Crippen LogP) is 11.5. The van der Waals surface area contributed by atoms with E-state index >= 15 is 0 Å². The molecule has 0 saturated carbocycles. The van der Waals surface area contributed by atoms with E-state index in [1.807, 2.05) is 67.0 Å². The fourth-order valence-electron chi connectivity index (χ4n) is 7.44. The van der Waals surface area contributed by atoms with Crippen molar-refractivity contribution in [3.05, 3.63) is 175 Å². The quantitative estimate of drug-likeness (QED) is 0.186. The van der Waals surface area contributed by atoms with Gasteiger partial charge in [0.15, 0.2) is 5.82 Å². The molecule has 2 heterocycles. The van der Waals surface area contributed by atoms with E-state index in [4.69, 9.17) is 9.97 Å². The molecular formula is C47H32N4. The van der Waals surface area contributed by atoms with Crippen LogP contribution in [0.1, 0.15) is 30.5 Å². The number of nitrogens with zero attached hydrogens (tertiary/aromatic N) is 4. The minimum absolute atomic E-state index is 0.200. The molecule has 0 radical (unpaired) electrons. The van der Waals surface area contributed by atoms with Crippen molar-refractivity contribution in [2.24, 2.45) is 0 Å². The van der Waals surface area contributed by atoms with Gasteiger partial charge in [0, 0.05) is 40.1 Å². The van der Waals surface area contributed by atoms with Crippen molar-refractivity contribution in [1.82, 2.24) is 15.0 Å². The van der Waals surface area contributed by atoms with E-state index in [9.17, 15) is 5.26 Å². The first kappa shape index (κ1) is 30.4. The lowest BCUT2D eigenvalue weighted by Gasteiger charge is -2.22. The SMILES string of the molecule is CC1(C)c2cc(-c3cc(-c4cccnc4)cc(-c4cc(-c5ccccc5)nc(-c5ccccc5)n4)c3)ccc2-c2cc3cc(C#N)ccc3cc21. The number of benzene rings is 6. The van der Waals surface area contributed by atoms with Gasteiger partial charge in [0.1, 0.15) is 0 Å². The number of pyridine rings is 1. The molecule has 0 aliphatic heterocycles.